The summed E-state index contributed by atoms with van der Waals surface area (Å²) in [5.74, 6) is 0.243. The van der Waals surface area contributed by atoms with E-state index in [1.54, 1.807) is 0 Å². The summed E-state index contributed by atoms with van der Waals surface area (Å²) in [6.45, 7) is 2.75. The van der Waals surface area contributed by atoms with Crippen LogP contribution in [0.1, 0.15) is 17.3 Å². The van der Waals surface area contributed by atoms with Gasteiger partial charge in [0.15, 0.2) is 12.1 Å². The van der Waals surface area contributed by atoms with Crippen LogP contribution in [-0.4, -0.2) is 31.9 Å². The average Bonchev–Trinajstić information content (AvgIpc) is 2.83. The first kappa shape index (κ1) is 13.6. The topological polar surface area (TPSA) is 44.8 Å². The zero-order chi connectivity index (χ0) is 13.1. The minimum Gasteiger partial charge on any atom is -0.487 e. The van der Waals surface area contributed by atoms with Gasteiger partial charge >= 0.3 is 0 Å². The van der Waals surface area contributed by atoms with Crippen molar-refractivity contribution in [3.05, 3.63) is 27.7 Å². The van der Waals surface area contributed by atoms with E-state index >= 15 is 0 Å². The fourth-order valence-corrected chi connectivity index (χ4v) is 1.90. The van der Waals surface area contributed by atoms with Gasteiger partial charge in [-0.3, -0.25) is 4.79 Å². The second-order valence-electron chi connectivity index (χ2n) is 3.80. The number of carbonyl (C=O) groups excluding carboxylic acids is 1. The molecular weight excluding hydrogens is 279 g/mol. The van der Waals surface area contributed by atoms with Gasteiger partial charge in [-0.1, -0.05) is 23.2 Å². The van der Waals surface area contributed by atoms with Crippen LogP contribution in [0.3, 0.4) is 0 Å². The van der Waals surface area contributed by atoms with Crippen molar-refractivity contribution < 1.29 is 19.0 Å². The molecule has 0 spiro atoms. The minimum atomic E-state index is -0.403. The first-order valence-corrected chi connectivity index (χ1v) is 6.19. The Kier molecular flexibility index (Phi) is 4.45. The lowest BCUT2D eigenvalue weighted by atomic mass is 10.1. The number of ketones is 1. The van der Waals surface area contributed by atoms with Crippen LogP contribution in [0.5, 0.6) is 5.75 Å². The highest BCUT2D eigenvalue weighted by Crippen LogP contribution is 2.31. The van der Waals surface area contributed by atoms with Gasteiger partial charge in [-0.15, -0.1) is 0 Å². The van der Waals surface area contributed by atoms with Gasteiger partial charge < -0.3 is 14.2 Å². The van der Waals surface area contributed by atoms with E-state index in [1.807, 2.05) is 0 Å². The quantitative estimate of drug-likeness (QED) is 0.800. The molecule has 0 atom stereocenters. The van der Waals surface area contributed by atoms with E-state index in [4.69, 9.17) is 37.4 Å². The predicted octanol–water partition coefficient (Wildman–Crippen LogP) is 2.95. The number of hydrogen-bond donors (Lipinski definition) is 0. The first-order chi connectivity index (χ1) is 8.58. The molecule has 1 aromatic carbocycles. The molecule has 0 unspecified atom stereocenters. The van der Waals surface area contributed by atoms with E-state index in [-0.39, 0.29) is 12.4 Å². The number of rotatable bonds is 4. The van der Waals surface area contributed by atoms with Crippen molar-refractivity contribution in [2.75, 3.05) is 19.8 Å². The van der Waals surface area contributed by atoms with E-state index < -0.39 is 6.29 Å². The highest BCUT2D eigenvalue weighted by atomic mass is 35.5. The van der Waals surface area contributed by atoms with E-state index in [0.29, 0.717) is 34.6 Å². The van der Waals surface area contributed by atoms with Gasteiger partial charge in [0.2, 0.25) is 0 Å². The van der Waals surface area contributed by atoms with Gasteiger partial charge in [0.05, 0.1) is 28.8 Å². The second-order valence-corrected chi connectivity index (χ2v) is 4.62. The molecule has 18 heavy (non-hydrogen) atoms. The van der Waals surface area contributed by atoms with Crippen LogP contribution in [-0.2, 0) is 9.47 Å². The van der Waals surface area contributed by atoms with Crippen LogP contribution in [0, 0.1) is 0 Å². The van der Waals surface area contributed by atoms with Crippen molar-refractivity contribution in [3.63, 3.8) is 0 Å². The Morgan fingerprint density at radius 3 is 2.56 bits per heavy atom. The SMILES string of the molecule is CC(=O)c1cc(Cl)c(Cl)cc1OCC1OCCO1. The smallest absolute Gasteiger partial charge is 0.191 e. The van der Waals surface area contributed by atoms with E-state index in [0.717, 1.165) is 0 Å². The zero-order valence-corrected chi connectivity index (χ0v) is 11.3. The number of benzene rings is 1. The van der Waals surface area contributed by atoms with Crippen molar-refractivity contribution in [2.24, 2.45) is 0 Å². The summed E-state index contributed by atoms with van der Waals surface area (Å²) in [4.78, 5) is 11.5. The van der Waals surface area contributed by atoms with Crippen molar-refractivity contribution in [1.82, 2.24) is 0 Å². The summed E-state index contributed by atoms with van der Waals surface area (Å²) >= 11 is 11.8. The summed E-state index contributed by atoms with van der Waals surface area (Å²) in [7, 11) is 0. The predicted molar refractivity (Wildman–Crippen MR) is 67.7 cm³/mol. The van der Waals surface area contributed by atoms with Crippen LogP contribution in [0.15, 0.2) is 12.1 Å². The van der Waals surface area contributed by atoms with Crippen LogP contribution >= 0.6 is 23.2 Å². The van der Waals surface area contributed by atoms with Crippen molar-refractivity contribution in [3.8, 4) is 5.75 Å². The van der Waals surface area contributed by atoms with E-state index in [2.05, 4.69) is 0 Å². The third-order valence-electron chi connectivity index (χ3n) is 2.47. The zero-order valence-electron chi connectivity index (χ0n) is 9.74. The molecule has 98 valence electrons. The van der Waals surface area contributed by atoms with Gasteiger partial charge in [-0.2, -0.15) is 0 Å². The molecule has 0 saturated carbocycles. The Balaban J connectivity index is 2.14. The summed E-state index contributed by atoms with van der Waals surface area (Å²) < 4.78 is 16.0. The van der Waals surface area contributed by atoms with E-state index in [1.165, 1.54) is 19.1 Å². The number of ether oxygens (including phenoxy) is 3. The maximum atomic E-state index is 11.5. The monoisotopic (exact) mass is 290 g/mol. The summed E-state index contributed by atoms with van der Waals surface area (Å²) in [6.07, 6.45) is -0.403. The van der Waals surface area contributed by atoms with Gasteiger partial charge in [-0.25, -0.2) is 0 Å². The van der Waals surface area contributed by atoms with Gasteiger partial charge in [0.25, 0.3) is 0 Å². The fourth-order valence-electron chi connectivity index (χ4n) is 1.58. The highest BCUT2D eigenvalue weighted by Gasteiger charge is 2.19. The molecule has 1 aromatic rings. The number of carbonyl (C=O) groups is 1. The van der Waals surface area contributed by atoms with Crippen LogP contribution in [0.25, 0.3) is 0 Å². The molecule has 0 aromatic heterocycles. The molecule has 0 radical (unpaired) electrons. The van der Waals surface area contributed by atoms with Crippen molar-refractivity contribution >= 4 is 29.0 Å². The van der Waals surface area contributed by atoms with Crippen LogP contribution in [0.2, 0.25) is 10.0 Å². The number of hydrogen-bond acceptors (Lipinski definition) is 4. The van der Waals surface area contributed by atoms with Gasteiger partial charge in [-0.05, 0) is 13.0 Å². The number of Topliss-reactive ketones (excluding diaryl/α,β-unsaturated/α-hetero) is 1. The van der Waals surface area contributed by atoms with Gasteiger partial charge in [0.1, 0.15) is 12.4 Å². The summed E-state index contributed by atoms with van der Waals surface area (Å²) in [5.41, 5.74) is 0.391. The lowest BCUT2D eigenvalue weighted by Gasteiger charge is -2.14. The standard InChI is InChI=1S/C12H12Cl2O4/c1-7(15)8-4-9(13)10(14)5-11(8)18-6-12-16-2-3-17-12/h4-5,12H,2-3,6H2,1H3. The molecule has 1 aliphatic rings. The van der Waals surface area contributed by atoms with Crippen LogP contribution in [0.4, 0.5) is 0 Å². The molecule has 1 fully saturated rings. The largest absolute Gasteiger partial charge is 0.487 e. The summed E-state index contributed by atoms with van der Waals surface area (Å²) in [6, 6.07) is 3.02. The fraction of sp³-hybridized carbons (Fsp3) is 0.417. The molecule has 1 saturated heterocycles. The average molecular weight is 291 g/mol. The number of halogens is 2. The third-order valence-corrected chi connectivity index (χ3v) is 3.19. The first-order valence-electron chi connectivity index (χ1n) is 5.44. The lowest BCUT2D eigenvalue weighted by molar-refractivity contribution is -0.0685. The Bertz CT molecular complexity index is 456. The Morgan fingerprint density at radius 2 is 1.94 bits per heavy atom. The Hall–Kier alpha value is -0.810. The normalized spacial score (nSPS) is 15.9. The van der Waals surface area contributed by atoms with E-state index in [9.17, 15) is 4.79 Å². The second kappa shape index (κ2) is 5.89. The lowest BCUT2D eigenvalue weighted by Crippen LogP contribution is -2.19. The van der Waals surface area contributed by atoms with Crippen LogP contribution < -0.4 is 4.74 Å². The summed E-state index contributed by atoms with van der Waals surface area (Å²) in [5, 5.41) is 0.660. The molecule has 1 heterocycles. The molecule has 0 N–H and O–H groups in total. The molecule has 2 rings (SSSR count). The maximum absolute atomic E-state index is 11.5. The Morgan fingerprint density at radius 1 is 1.33 bits per heavy atom. The minimum absolute atomic E-state index is 0.142. The molecule has 0 aliphatic carbocycles. The molecule has 6 heteroatoms. The third kappa shape index (κ3) is 3.14. The molecule has 4 nitrogen and oxygen atoms in total. The molecule has 0 bridgehead atoms. The Labute approximate surface area is 115 Å². The van der Waals surface area contributed by atoms with Crippen molar-refractivity contribution in [1.29, 1.82) is 0 Å². The molecule has 1 aliphatic heterocycles. The molecular formula is C12H12Cl2O4. The maximum Gasteiger partial charge on any atom is 0.191 e. The van der Waals surface area contributed by atoms with Gasteiger partial charge in [0, 0.05) is 6.07 Å². The van der Waals surface area contributed by atoms with Crippen molar-refractivity contribution in [2.45, 2.75) is 13.2 Å². The molecule has 0 amide bonds. The highest BCUT2D eigenvalue weighted by molar-refractivity contribution is 6.42.